The zero-order valence-electron chi connectivity index (χ0n) is 42.5. The van der Waals surface area contributed by atoms with Gasteiger partial charge in [0.25, 0.3) is 0 Å². The van der Waals surface area contributed by atoms with Gasteiger partial charge in [0.1, 0.15) is 29.5 Å². The smallest absolute Gasteiger partial charge is 0.457 e. The molecule has 18 heteroatoms. The maximum absolute atomic E-state index is 16.5. The number of Topliss-reactive ketones (excluding diaryl/α,β-unsaturated/α-hetero) is 1. The standard InChI is InChI=1S/C53H67NO15SSi/c1-13-62-48(60)65-41-39-30(2)35(64-45(57)31(3)40(36-25-20-26-70-36)54-47(59)68-49(5,6)7)28-53(61,50(39,8)9)44(66-46(58)33-21-16-14-17-22-33)42-51(10,43(41)56)37(27-38-52(42,29-63-38)67-32(4)55)69-71(11,12)34-23-18-15-19-24-34/h14-26,31,35,37-38,40-42,44,61H,13,27-29H2,1-12H3,(H,54,59)/t31-,35+,37+,38-,40-,41?,42?,44+,51-,52+,53-/m1/s1. The summed E-state index contributed by atoms with van der Waals surface area (Å²) in [4.78, 5) is 87.2. The topological polar surface area (TPSA) is 209 Å². The first kappa shape index (κ1) is 53.4. The molecule has 3 aromatic rings. The molecule has 1 amide bonds. The van der Waals surface area contributed by atoms with Crippen molar-refractivity contribution in [3.05, 3.63) is 99.8 Å². The number of carbonyl (C=O) groups excluding carboxylic acids is 6. The number of aliphatic hydroxyl groups is 1. The summed E-state index contributed by atoms with van der Waals surface area (Å²) in [6, 6.07) is 20.3. The van der Waals surface area contributed by atoms with E-state index in [4.69, 9.17) is 37.6 Å². The quantitative estimate of drug-likeness (QED) is 0.0722. The van der Waals surface area contributed by atoms with E-state index in [-0.39, 0.29) is 36.3 Å². The van der Waals surface area contributed by atoms with Crippen molar-refractivity contribution in [1.29, 1.82) is 0 Å². The van der Waals surface area contributed by atoms with Crippen molar-refractivity contribution in [2.75, 3.05) is 13.2 Å². The Kier molecular flexibility index (Phi) is 15.0. The van der Waals surface area contributed by atoms with E-state index in [1.54, 1.807) is 110 Å². The minimum Gasteiger partial charge on any atom is -0.457 e. The summed E-state index contributed by atoms with van der Waals surface area (Å²) in [5.74, 6) is -5.65. The van der Waals surface area contributed by atoms with Crippen LogP contribution >= 0.6 is 11.3 Å². The summed E-state index contributed by atoms with van der Waals surface area (Å²) in [5, 5.41) is 19.7. The van der Waals surface area contributed by atoms with Crippen molar-refractivity contribution in [2.24, 2.45) is 22.7 Å². The van der Waals surface area contributed by atoms with Crippen LogP contribution in [0.15, 0.2) is 89.3 Å². The van der Waals surface area contributed by atoms with Crippen LogP contribution in [-0.2, 0) is 52.0 Å². The average molecular weight is 1020 g/mol. The fourth-order valence-corrected chi connectivity index (χ4v) is 14.3. The molecule has 3 fully saturated rings. The SMILES string of the molecule is CCOC(=O)OC1C(=O)[C@@]2(C)C([C@H](OC(=O)c3ccccc3)[C@]3(O)C[C@H](OC(=O)[C@H](C)[C@@H](NC(=O)OC(C)(C)C)c4cccs4)C(C)=C1C3(C)C)[C@]1(OC(C)=O)CO[C@@H]1C[C@@H]2O[Si](C)(C)c1ccccc1. The van der Waals surface area contributed by atoms with Gasteiger partial charge in [-0.1, -0.05) is 68.4 Å². The molecule has 71 heavy (non-hydrogen) atoms. The second-order valence-corrected chi connectivity index (χ2v) is 26.1. The van der Waals surface area contributed by atoms with Crippen LogP contribution in [-0.4, -0.2) is 110 Å². The van der Waals surface area contributed by atoms with Crippen molar-refractivity contribution >= 4 is 60.8 Å². The van der Waals surface area contributed by atoms with Crippen LogP contribution < -0.4 is 10.5 Å². The number of alkyl carbamates (subject to hydrolysis) is 1. The van der Waals surface area contributed by atoms with Crippen molar-refractivity contribution in [3.8, 4) is 0 Å². The molecule has 1 aromatic heterocycles. The summed E-state index contributed by atoms with van der Waals surface area (Å²) in [7, 11) is -3.01. The van der Waals surface area contributed by atoms with Gasteiger partial charge in [-0.05, 0) is 101 Å². The summed E-state index contributed by atoms with van der Waals surface area (Å²) < 4.78 is 50.2. The number of nitrogens with one attached hydrogen (secondary N) is 1. The normalized spacial score (nSPS) is 29.8. The second-order valence-electron chi connectivity index (χ2n) is 21.3. The van der Waals surface area contributed by atoms with Gasteiger partial charge in [0.15, 0.2) is 17.5 Å². The van der Waals surface area contributed by atoms with Crippen LogP contribution in [0.3, 0.4) is 0 Å². The molecule has 2 N–H and O–H groups in total. The first-order valence-corrected chi connectivity index (χ1v) is 27.9. The Hall–Kier alpha value is -5.40. The number of amides is 1. The van der Waals surface area contributed by atoms with E-state index in [9.17, 15) is 29.1 Å². The van der Waals surface area contributed by atoms with Crippen LogP contribution in [0.2, 0.25) is 13.1 Å². The number of ether oxygens (including phenoxy) is 7. The Morgan fingerprint density at radius 3 is 2.15 bits per heavy atom. The third kappa shape index (κ3) is 9.94. The zero-order chi connectivity index (χ0) is 52.1. The van der Waals surface area contributed by atoms with Crippen LogP contribution in [0.25, 0.3) is 0 Å². The van der Waals surface area contributed by atoms with Crippen molar-refractivity contribution < 1.29 is 71.5 Å². The molecule has 1 aliphatic heterocycles. The molecule has 4 aliphatic rings. The fourth-order valence-electron chi connectivity index (χ4n) is 11.2. The molecule has 0 radical (unpaired) electrons. The second kappa shape index (κ2) is 19.9. The number of hydrogen-bond donors (Lipinski definition) is 2. The maximum Gasteiger partial charge on any atom is 0.509 e. The molecule has 7 rings (SSSR count). The number of benzene rings is 2. The molecule has 2 unspecified atom stereocenters. The molecule has 384 valence electrons. The molecule has 2 aromatic carbocycles. The molecule has 0 spiro atoms. The summed E-state index contributed by atoms with van der Waals surface area (Å²) in [6.07, 6.45) is -9.36. The number of rotatable bonds is 13. The van der Waals surface area contributed by atoms with Crippen LogP contribution in [0.4, 0.5) is 9.59 Å². The third-order valence-electron chi connectivity index (χ3n) is 14.9. The number of hydrogen-bond acceptors (Lipinski definition) is 16. The monoisotopic (exact) mass is 1020 g/mol. The lowest BCUT2D eigenvalue weighted by molar-refractivity contribution is -0.344. The molecule has 1 saturated heterocycles. The molecule has 2 bridgehead atoms. The molecule has 16 nitrogen and oxygen atoms in total. The average Bonchev–Trinajstić information content (AvgIpc) is 3.83. The van der Waals surface area contributed by atoms with Crippen LogP contribution in [0, 0.1) is 22.7 Å². The Bertz CT molecular complexity index is 2530. The minimum absolute atomic E-state index is 0.0154. The number of carbonyl (C=O) groups is 6. The molecular weight excluding hydrogens is 951 g/mol. The van der Waals surface area contributed by atoms with Crippen molar-refractivity contribution in [3.63, 3.8) is 0 Å². The highest BCUT2D eigenvalue weighted by Crippen LogP contribution is 2.65. The minimum atomic E-state index is -3.01. The van der Waals surface area contributed by atoms with Gasteiger partial charge in [-0.2, -0.15) is 0 Å². The Morgan fingerprint density at radius 1 is 0.944 bits per heavy atom. The van der Waals surface area contributed by atoms with E-state index in [1.165, 1.54) is 18.3 Å². The van der Waals surface area contributed by atoms with Gasteiger partial charge in [-0.15, -0.1) is 11.3 Å². The van der Waals surface area contributed by atoms with Gasteiger partial charge in [0.2, 0.25) is 8.32 Å². The van der Waals surface area contributed by atoms with E-state index in [0.717, 1.165) is 5.19 Å². The molecule has 3 aliphatic carbocycles. The van der Waals surface area contributed by atoms with Gasteiger partial charge >= 0.3 is 30.2 Å². The zero-order valence-corrected chi connectivity index (χ0v) is 44.3. The lowest BCUT2D eigenvalue weighted by Gasteiger charge is -2.68. The summed E-state index contributed by atoms with van der Waals surface area (Å²) >= 11 is 1.31. The number of esters is 3. The van der Waals surface area contributed by atoms with E-state index in [2.05, 4.69) is 5.32 Å². The highest BCUT2D eigenvalue weighted by molar-refractivity contribution is 7.10. The summed E-state index contributed by atoms with van der Waals surface area (Å²) in [6.45, 7) is 19.7. The largest absolute Gasteiger partial charge is 0.509 e. The van der Waals surface area contributed by atoms with Crippen LogP contribution in [0.1, 0.15) is 103 Å². The maximum atomic E-state index is 16.5. The molecular formula is C53H67NO15SSi. The predicted octanol–water partition coefficient (Wildman–Crippen LogP) is 7.91. The van der Waals surface area contributed by atoms with E-state index >= 15 is 4.79 Å². The number of thiophene rings is 1. The van der Waals surface area contributed by atoms with Gasteiger partial charge in [-0.25, -0.2) is 14.4 Å². The van der Waals surface area contributed by atoms with E-state index in [0.29, 0.717) is 4.88 Å². The number of ketones is 1. The highest BCUT2D eigenvalue weighted by atomic mass is 32.1. The Labute approximate surface area is 420 Å². The molecule has 2 heterocycles. The molecule has 11 atom stereocenters. The lowest BCUT2D eigenvalue weighted by Crippen LogP contribution is -2.82. The number of fused-ring (bicyclic) bond motifs is 5. The Balaban J connectivity index is 1.46. The van der Waals surface area contributed by atoms with Gasteiger partial charge in [0, 0.05) is 30.1 Å². The van der Waals surface area contributed by atoms with Crippen LogP contribution in [0.5, 0.6) is 0 Å². The third-order valence-corrected chi connectivity index (χ3v) is 18.5. The first-order valence-electron chi connectivity index (χ1n) is 24.1. The van der Waals surface area contributed by atoms with Gasteiger partial charge in [-0.3, -0.25) is 14.4 Å². The van der Waals surface area contributed by atoms with E-state index in [1.807, 2.05) is 43.4 Å². The van der Waals surface area contributed by atoms with E-state index < -0.39 is 127 Å². The predicted molar refractivity (Wildman–Crippen MR) is 263 cm³/mol. The first-order chi connectivity index (χ1) is 33.2. The fraction of sp³-hybridized carbons (Fsp3) is 0.547. The van der Waals surface area contributed by atoms with Gasteiger partial charge < -0.3 is 48.0 Å². The highest BCUT2D eigenvalue weighted by Gasteiger charge is 2.79. The lowest BCUT2D eigenvalue weighted by atomic mass is 9.44. The van der Waals surface area contributed by atoms with Gasteiger partial charge in [0.05, 0.1) is 48.2 Å². The van der Waals surface area contributed by atoms with Crippen molar-refractivity contribution in [2.45, 2.75) is 149 Å². The Morgan fingerprint density at radius 2 is 1.59 bits per heavy atom. The van der Waals surface area contributed by atoms with Crippen molar-refractivity contribution in [1.82, 2.24) is 5.32 Å². The summed E-state index contributed by atoms with van der Waals surface area (Å²) in [5.41, 5.74) is -8.03. The molecule has 2 saturated carbocycles.